The Kier molecular flexibility index (Phi) is 21.3. The summed E-state index contributed by atoms with van der Waals surface area (Å²) in [4.78, 5) is 31.0. The summed E-state index contributed by atoms with van der Waals surface area (Å²) in [6, 6.07) is 0. The van der Waals surface area contributed by atoms with Crippen LogP contribution in [-0.4, -0.2) is 133 Å². The fourth-order valence-electron chi connectivity index (χ4n) is 0.139. The van der Waals surface area contributed by atoms with E-state index in [2.05, 4.69) is 4.31 Å². The molecule has 0 saturated carbocycles. The summed E-state index contributed by atoms with van der Waals surface area (Å²) in [6.45, 7) is 0. The van der Waals surface area contributed by atoms with Crippen molar-refractivity contribution in [1.82, 2.24) is 0 Å². The van der Waals surface area contributed by atoms with E-state index in [0.717, 1.165) is 0 Å². The van der Waals surface area contributed by atoms with Crippen LogP contribution in [0, 0.1) is 0 Å². The summed E-state index contributed by atoms with van der Waals surface area (Å²) in [7, 11) is -10.1. The third-order valence-corrected chi connectivity index (χ3v) is 1.91. The van der Waals surface area contributed by atoms with Crippen LogP contribution in [-0.2, 0) is 13.4 Å². The fraction of sp³-hybridized carbons (Fsp3) is 0. The number of hydrogen-bond donors (Lipinski definition) is 4. The Labute approximate surface area is 167 Å². The molecule has 0 radical (unpaired) electrons. The summed E-state index contributed by atoms with van der Waals surface area (Å²) in [6.07, 6.45) is 0. The number of hydrogen-bond acceptors (Lipinski definition) is 3. The van der Waals surface area contributed by atoms with Gasteiger partial charge in [-0.2, -0.15) is 4.31 Å². The third kappa shape index (κ3) is 23.7. The summed E-state index contributed by atoms with van der Waals surface area (Å²) < 4.78 is 22.2. The Hall–Kier alpha value is 4.04. The maximum Gasteiger partial charge on any atom is 2.00 e. The molecule has 0 aliphatic carbocycles. The minimum absolute atomic E-state index is 0. The van der Waals surface area contributed by atoms with Crippen molar-refractivity contribution in [3.8, 4) is 0 Å². The van der Waals surface area contributed by atoms with Crippen LogP contribution in [0.5, 0.6) is 0 Å². The van der Waals surface area contributed by atoms with Gasteiger partial charge in [0.05, 0.1) is 0 Å². The van der Waals surface area contributed by atoms with Crippen LogP contribution >= 0.6 is 15.6 Å². The average Bonchev–Trinajstić information content (AvgIpc) is 1.14. The van der Waals surface area contributed by atoms with Gasteiger partial charge in [-0.05, 0) is 0 Å². The van der Waals surface area contributed by atoms with E-state index in [1.807, 2.05) is 0 Å². The smallest absolute Gasteiger partial charge is 1.00 e. The Bertz CT molecular complexity index is 174. The monoisotopic (exact) mass is 304 g/mol. The van der Waals surface area contributed by atoms with Gasteiger partial charge in [-0.3, -0.25) is 0 Å². The van der Waals surface area contributed by atoms with Crippen molar-refractivity contribution in [2.24, 2.45) is 0 Å². The van der Waals surface area contributed by atoms with E-state index in [1.165, 1.54) is 0 Å². The molecule has 7 nitrogen and oxygen atoms in total. The van der Waals surface area contributed by atoms with Gasteiger partial charge in [0.1, 0.15) is 0 Å². The molecule has 0 aromatic carbocycles. The fourth-order valence-corrected chi connectivity index (χ4v) is 1.25. The van der Waals surface area contributed by atoms with Gasteiger partial charge in [-0.25, -0.2) is 9.13 Å². The molecule has 0 amide bonds. The molecule has 0 aliphatic heterocycles. The van der Waals surface area contributed by atoms with E-state index in [0.29, 0.717) is 0 Å². The van der Waals surface area contributed by atoms with Gasteiger partial charge in [-0.1, -0.05) is 0 Å². The molecule has 0 spiro atoms. The van der Waals surface area contributed by atoms with Gasteiger partial charge in [0, 0.05) is 0 Å². The molecular formula is H10Ca3O7P2. The van der Waals surface area contributed by atoms with Gasteiger partial charge in [0.2, 0.25) is 0 Å². The molecule has 0 bridgehead atoms. The quantitative estimate of drug-likeness (QED) is 0.370. The molecule has 0 fully saturated rings. The maximum atomic E-state index is 9.63. The average molecular weight is 304 g/mol. The minimum atomic E-state index is -5.05. The van der Waals surface area contributed by atoms with E-state index >= 15 is 0 Å². The zero-order valence-electron chi connectivity index (χ0n) is 12.0. The van der Waals surface area contributed by atoms with Crippen LogP contribution in [0.4, 0.5) is 0 Å². The Morgan fingerprint density at radius 2 is 1.00 bits per heavy atom. The molecule has 68 valence electrons. The zero-order valence-corrected chi connectivity index (χ0v) is 14.4. The first-order chi connectivity index (χ1) is 3.71. The molecule has 12 heavy (non-hydrogen) atoms. The molecule has 0 aromatic heterocycles. The largest absolute Gasteiger partial charge is 2.00 e. The second kappa shape index (κ2) is 10.2. The van der Waals surface area contributed by atoms with Crippen LogP contribution in [0.1, 0.15) is 8.56 Å². The summed E-state index contributed by atoms with van der Waals surface area (Å²) in [5.41, 5.74) is 0. The summed E-state index contributed by atoms with van der Waals surface area (Å²) in [5, 5.41) is 0. The van der Waals surface area contributed by atoms with Crippen molar-refractivity contribution in [3.63, 3.8) is 0 Å². The van der Waals surface area contributed by atoms with E-state index in [1.54, 1.807) is 0 Å². The van der Waals surface area contributed by atoms with Gasteiger partial charge in [0.25, 0.3) is 0 Å². The van der Waals surface area contributed by atoms with Crippen LogP contribution in [0.25, 0.3) is 0 Å². The van der Waals surface area contributed by atoms with Gasteiger partial charge < -0.3 is 28.1 Å². The van der Waals surface area contributed by atoms with E-state index in [9.17, 15) is 9.13 Å². The first-order valence-electron chi connectivity index (χ1n) is 1.53. The SMILES string of the molecule is O=P(O)(O)OP(=O)(O)O.[Ca+2].[Ca+2].[Ca+2].[H-].[H-].[H-].[H-].[H-].[H-]. The Balaban J connectivity index is -0.00000000889. The molecule has 0 aromatic rings. The predicted molar refractivity (Wildman–Crippen MR) is 49.1 cm³/mol. The van der Waals surface area contributed by atoms with Crippen molar-refractivity contribution in [2.75, 3.05) is 0 Å². The molecule has 0 saturated heterocycles. The van der Waals surface area contributed by atoms with Gasteiger partial charge in [-0.15, -0.1) is 0 Å². The number of rotatable bonds is 2. The van der Waals surface area contributed by atoms with Crippen molar-refractivity contribution in [3.05, 3.63) is 0 Å². The van der Waals surface area contributed by atoms with Gasteiger partial charge >= 0.3 is 129 Å². The first kappa shape index (κ1) is 25.0. The van der Waals surface area contributed by atoms with Gasteiger partial charge in [0.15, 0.2) is 0 Å². The summed E-state index contributed by atoms with van der Waals surface area (Å²) >= 11 is 0. The third-order valence-electron chi connectivity index (χ3n) is 0.213. The van der Waals surface area contributed by atoms with Crippen LogP contribution in [0.15, 0.2) is 0 Å². The Morgan fingerprint density at radius 1 is 0.833 bits per heavy atom. The van der Waals surface area contributed by atoms with Crippen LogP contribution < -0.4 is 0 Å². The van der Waals surface area contributed by atoms with Crippen LogP contribution in [0.3, 0.4) is 0 Å². The zero-order chi connectivity index (χ0) is 7.71. The molecule has 0 atom stereocenters. The molecule has 0 unspecified atom stereocenters. The van der Waals surface area contributed by atoms with Crippen molar-refractivity contribution in [2.45, 2.75) is 0 Å². The standard InChI is InChI=1S/3Ca.H4O7P2.6H/c;;;1-8(2,3)7-9(4,5)6;;;;;;/h;;;(H2,1,2,3)(H2,4,5,6);;;;;;/q3*+2;;6*-1. The second-order valence-electron chi connectivity index (χ2n) is 1.06. The minimum Gasteiger partial charge on any atom is -1.00 e. The molecule has 12 heteroatoms. The summed E-state index contributed by atoms with van der Waals surface area (Å²) in [5.74, 6) is 0. The van der Waals surface area contributed by atoms with Crippen LogP contribution in [0.2, 0.25) is 0 Å². The predicted octanol–water partition coefficient (Wildman–Crippen LogP) is -1.28. The molecular weight excluding hydrogens is 294 g/mol. The second-order valence-corrected chi connectivity index (χ2v) is 3.68. The molecule has 4 N–H and O–H groups in total. The molecule has 0 rings (SSSR count). The topological polar surface area (TPSA) is 124 Å². The van der Waals surface area contributed by atoms with E-state index in [4.69, 9.17) is 19.6 Å². The van der Waals surface area contributed by atoms with Crippen molar-refractivity contribution in [1.29, 1.82) is 0 Å². The normalized spacial score (nSPS) is 10.3. The van der Waals surface area contributed by atoms with E-state index in [-0.39, 0.29) is 122 Å². The van der Waals surface area contributed by atoms with E-state index < -0.39 is 15.6 Å². The first-order valence-corrected chi connectivity index (χ1v) is 4.59. The molecule has 0 aliphatic rings. The van der Waals surface area contributed by atoms with Crippen molar-refractivity contribution >= 4 is 129 Å². The maximum absolute atomic E-state index is 9.63. The Morgan fingerprint density at radius 3 is 1.00 bits per heavy atom. The van der Waals surface area contributed by atoms with Crippen molar-refractivity contribution < 1.29 is 41.6 Å². The number of phosphoric acid groups is 2. The molecule has 0 heterocycles.